The van der Waals surface area contributed by atoms with Crippen LogP contribution in [0.25, 0.3) is 0 Å². The zero-order chi connectivity index (χ0) is 13.9. The molecule has 0 amide bonds. The summed E-state index contributed by atoms with van der Waals surface area (Å²) >= 11 is 7.85. The van der Waals surface area contributed by atoms with Crippen molar-refractivity contribution in [2.45, 2.75) is 29.9 Å². The number of halogens is 1. The van der Waals surface area contributed by atoms with Crippen LogP contribution in [-0.2, 0) is 18.6 Å². The summed E-state index contributed by atoms with van der Waals surface area (Å²) in [6, 6.07) is 7.88. The van der Waals surface area contributed by atoms with Gasteiger partial charge in [-0.1, -0.05) is 23.7 Å². The molecule has 3 rings (SSSR count). The van der Waals surface area contributed by atoms with Crippen LogP contribution < -0.4 is 5.32 Å². The Morgan fingerprint density at radius 2 is 2.10 bits per heavy atom. The molecule has 1 aliphatic carbocycles. The van der Waals surface area contributed by atoms with E-state index in [4.69, 9.17) is 16.6 Å². The summed E-state index contributed by atoms with van der Waals surface area (Å²) in [7, 11) is 1.92. The highest BCUT2D eigenvalue weighted by Gasteiger charge is 2.18. The van der Waals surface area contributed by atoms with Crippen LogP contribution in [-0.4, -0.2) is 17.0 Å². The van der Waals surface area contributed by atoms with Crippen molar-refractivity contribution in [3.63, 3.8) is 0 Å². The maximum atomic E-state index is 6.17. The Bertz CT molecular complexity index is 631. The number of aryl methyl sites for hydroxylation is 1. The molecule has 20 heavy (non-hydrogen) atoms. The van der Waals surface area contributed by atoms with Crippen LogP contribution in [0.15, 0.2) is 29.2 Å². The zero-order valence-corrected chi connectivity index (χ0v) is 12.9. The molecule has 0 saturated heterocycles. The van der Waals surface area contributed by atoms with Gasteiger partial charge < -0.3 is 5.32 Å². The lowest BCUT2D eigenvalue weighted by Gasteiger charge is -2.09. The van der Waals surface area contributed by atoms with E-state index in [2.05, 4.69) is 10.3 Å². The monoisotopic (exact) mass is 305 g/mol. The molecule has 0 unspecified atom stereocenters. The van der Waals surface area contributed by atoms with Crippen LogP contribution in [0, 0.1) is 0 Å². The van der Waals surface area contributed by atoms with Crippen LogP contribution in [0.2, 0.25) is 5.02 Å². The average molecular weight is 306 g/mol. The van der Waals surface area contributed by atoms with E-state index in [-0.39, 0.29) is 0 Å². The number of rotatable bonds is 4. The fourth-order valence-electron chi connectivity index (χ4n) is 2.46. The highest BCUT2D eigenvalue weighted by molar-refractivity contribution is 7.98. The number of nitrogens with zero attached hydrogens (tertiary/aromatic N) is 2. The van der Waals surface area contributed by atoms with Gasteiger partial charge in [0.1, 0.15) is 11.6 Å². The SMILES string of the molecule is CNc1nc(CSc2ccccc2Cl)nc2c1CCC2. The highest BCUT2D eigenvalue weighted by atomic mass is 35.5. The van der Waals surface area contributed by atoms with E-state index < -0.39 is 0 Å². The third-order valence-corrected chi connectivity index (χ3v) is 4.92. The fourth-order valence-corrected chi connectivity index (χ4v) is 3.55. The van der Waals surface area contributed by atoms with E-state index in [1.54, 1.807) is 11.8 Å². The first kappa shape index (κ1) is 13.7. The third-order valence-electron chi connectivity index (χ3n) is 3.41. The molecule has 0 bridgehead atoms. The molecule has 0 saturated carbocycles. The van der Waals surface area contributed by atoms with Gasteiger partial charge in [-0.05, 0) is 31.4 Å². The van der Waals surface area contributed by atoms with Crippen LogP contribution >= 0.6 is 23.4 Å². The number of hydrogen-bond donors (Lipinski definition) is 1. The predicted octanol–water partition coefficient (Wildman–Crippen LogP) is 3.95. The van der Waals surface area contributed by atoms with Crippen LogP contribution in [0.3, 0.4) is 0 Å². The normalized spacial score (nSPS) is 13.3. The fraction of sp³-hybridized carbons (Fsp3) is 0.333. The number of fused-ring (bicyclic) bond motifs is 1. The van der Waals surface area contributed by atoms with Gasteiger partial charge in [0.15, 0.2) is 0 Å². The van der Waals surface area contributed by atoms with Gasteiger partial charge in [-0.15, -0.1) is 11.8 Å². The summed E-state index contributed by atoms with van der Waals surface area (Å²) in [6.45, 7) is 0. The van der Waals surface area contributed by atoms with E-state index in [1.165, 1.54) is 17.7 Å². The molecule has 1 N–H and O–H groups in total. The van der Waals surface area contributed by atoms with Crippen molar-refractivity contribution in [3.05, 3.63) is 46.4 Å². The Hall–Kier alpha value is -1.26. The summed E-state index contributed by atoms with van der Waals surface area (Å²) in [5.74, 6) is 2.60. The molecule has 1 aromatic carbocycles. The molecule has 1 aliphatic rings. The molecule has 1 heterocycles. The van der Waals surface area contributed by atoms with E-state index >= 15 is 0 Å². The zero-order valence-electron chi connectivity index (χ0n) is 11.3. The molecular weight excluding hydrogens is 290 g/mol. The number of anilines is 1. The molecular formula is C15H16ClN3S. The maximum Gasteiger partial charge on any atom is 0.141 e. The first-order chi connectivity index (χ1) is 9.78. The minimum atomic E-state index is 0.742. The number of nitrogens with one attached hydrogen (secondary N) is 1. The van der Waals surface area contributed by atoms with Crippen molar-refractivity contribution in [2.75, 3.05) is 12.4 Å². The quantitative estimate of drug-likeness (QED) is 0.868. The lowest BCUT2D eigenvalue weighted by Crippen LogP contribution is -2.05. The maximum absolute atomic E-state index is 6.17. The third kappa shape index (κ3) is 2.76. The summed E-state index contributed by atoms with van der Waals surface area (Å²) < 4.78 is 0. The van der Waals surface area contributed by atoms with Crippen LogP contribution in [0.5, 0.6) is 0 Å². The largest absolute Gasteiger partial charge is 0.373 e. The average Bonchev–Trinajstić information content (AvgIpc) is 2.94. The van der Waals surface area contributed by atoms with Crippen molar-refractivity contribution in [1.82, 2.24) is 9.97 Å². The second-order valence-corrected chi connectivity index (χ2v) is 6.16. The summed E-state index contributed by atoms with van der Waals surface area (Å²) in [5.41, 5.74) is 2.50. The smallest absolute Gasteiger partial charge is 0.141 e. The van der Waals surface area contributed by atoms with Gasteiger partial charge in [-0.25, -0.2) is 9.97 Å². The molecule has 0 atom stereocenters. The molecule has 2 aromatic rings. The van der Waals surface area contributed by atoms with E-state index in [0.717, 1.165) is 40.2 Å². The lowest BCUT2D eigenvalue weighted by atomic mass is 10.2. The summed E-state index contributed by atoms with van der Waals surface area (Å²) in [6.07, 6.45) is 3.33. The molecule has 5 heteroatoms. The Balaban J connectivity index is 1.80. The van der Waals surface area contributed by atoms with Gasteiger partial charge in [0.25, 0.3) is 0 Å². The second-order valence-electron chi connectivity index (χ2n) is 4.74. The minimum absolute atomic E-state index is 0.742. The first-order valence-corrected chi connectivity index (χ1v) is 8.08. The predicted molar refractivity (Wildman–Crippen MR) is 84.6 cm³/mol. The standard InChI is InChI=1S/C15H16ClN3S/c1-17-15-10-5-4-7-12(10)18-14(19-15)9-20-13-8-3-2-6-11(13)16/h2-3,6,8H,4-5,7,9H2,1H3,(H,17,18,19). The molecule has 0 spiro atoms. The minimum Gasteiger partial charge on any atom is -0.373 e. The number of aromatic nitrogens is 2. The topological polar surface area (TPSA) is 37.8 Å². The second kappa shape index (κ2) is 6.02. The number of hydrogen-bond acceptors (Lipinski definition) is 4. The van der Waals surface area contributed by atoms with Crippen LogP contribution in [0.1, 0.15) is 23.5 Å². The van der Waals surface area contributed by atoms with Gasteiger partial charge in [-0.2, -0.15) is 0 Å². The Morgan fingerprint density at radius 3 is 2.90 bits per heavy atom. The van der Waals surface area contributed by atoms with Gasteiger partial charge >= 0.3 is 0 Å². The van der Waals surface area contributed by atoms with Gasteiger partial charge in [0.05, 0.1) is 10.8 Å². The molecule has 0 fully saturated rings. The molecule has 3 nitrogen and oxygen atoms in total. The van der Waals surface area contributed by atoms with Crippen molar-refractivity contribution in [3.8, 4) is 0 Å². The van der Waals surface area contributed by atoms with Crippen LogP contribution in [0.4, 0.5) is 5.82 Å². The lowest BCUT2D eigenvalue weighted by molar-refractivity contribution is 0.893. The van der Waals surface area contributed by atoms with Crippen molar-refractivity contribution >= 4 is 29.2 Å². The molecule has 0 aliphatic heterocycles. The van der Waals surface area contributed by atoms with E-state index in [0.29, 0.717) is 0 Å². The first-order valence-electron chi connectivity index (χ1n) is 6.71. The van der Waals surface area contributed by atoms with Crippen molar-refractivity contribution < 1.29 is 0 Å². The Labute approximate surface area is 128 Å². The number of benzene rings is 1. The van der Waals surface area contributed by atoms with E-state index in [9.17, 15) is 0 Å². The summed E-state index contributed by atoms with van der Waals surface area (Å²) in [4.78, 5) is 10.4. The van der Waals surface area contributed by atoms with Crippen molar-refractivity contribution in [1.29, 1.82) is 0 Å². The van der Waals surface area contributed by atoms with Gasteiger partial charge in [-0.3, -0.25) is 0 Å². The molecule has 104 valence electrons. The summed E-state index contributed by atoms with van der Waals surface area (Å²) in [5, 5.41) is 3.98. The van der Waals surface area contributed by atoms with Gasteiger partial charge in [0, 0.05) is 23.2 Å². The Kier molecular flexibility index (Phi) is 4.13. The Morgan fingerprint density at radius 1 is 1.25 bits per heavy atom. The molecule has 0 radical (unpaired) electrons. The van der Waals surface area contributed by atoms with Gasteiger partial charge in [0.2, 0.25) is 0 Å². The number of thioether (sulfide) groups is 1. The molecule has 1 aromatic heterocycles. The highest BCUT2D eigenvalue weighted by Crippen LogP contribution is 2.31. The van der Waals surface area contributed by atoms with Crippen molar-refractivity contribution in [2.24, 2.45) is 0 Å². The van der Waals surface area contributed by atoms with E-state index in [1.807, 2.05) is 31.3 Å².